The van der Waals surface area contributed by atoms with Gasteiger partial charge in [-0.25, -0.2) is 0 Å². The molecule has 1 aliphatic carbocycles. The minimum absolute atomic E-state index is 0.0767. The molecule has 2 aliphatic rings. The number of nitrogens with zero attached hydrogens (tertiary/aromatic N) is 1. The Balaban J connectivity index is 1.44. The van der Waals surface area contributed by atoms with Gasteiger partial charge in [-0.05, 0) is 56.0 Å². The van der Waals surface area contributed by atoms with Gasteiger partial charge >= 0.3 is 0 Å². The predicted molar refractivity (Wildman–Crippen MR) is 107 cm³/mol. The van der Waals surface area contributed by atoms with Crippen LogP contribution in [0.2, 0.25) is 0 Å². The predicted octanol–water partition coefficient (Wildman–Crippen LogP) is 3.79. The molecule has 1 heterocycles. The van der Waals surface area contributed by atoms with Gasteiger partial charge in [0.15, 0.2) is 5.11 Å². The standard InChI is InChI=1S/C20H29N3OS/c1-15-7-5-6-10-18(15)22-20(25)23-13-11-16(12-14-23)19(24)21-17-8-3-2-4-9-17/h2-4,8-9,15-16,18H,5-7,10-14H2,1H3,(H,21,24)(H,22,25)/t15-,18-/m1/s1. The van der Waals surface area contributed by atoms with E-state index in [4.69, 9.17) is 12.2 Å². The van der Waals surface area contributed by atoms with Gasteiger partial charge in [0, 0.05) is 30.7 Å². The second-order valence-corrected chi connectivity index (χ2v) is 7.82. The van der Waals surface area contributed by atoms with Crippen LogP contribution in [0, 0.1) is 11.8 Å². The van der Waals surface area contributed by atoms with Gasteiger partial charge in [-0.1, -0.05) is 38.0 Å². The molecular formula is C20H29N3OS. The molecule has 2 atom stereocenters. The van der Waals surface area contributed by atoms with Crippen molar-refractivity contribution in [3.05, 3.63) is 30.3 Å². The summed E-state index contributed by atoms with van der Waals surface area (Å²) < 4.78 is 0. The molecule has 2 fully saturated rings. The fraction of sp³-hybridized carbons (Fsp3) is 0.600. The molecule has 1 saturated carbocycles. The van der Waals surface area contributed by atoms with Crippen LogP contribution in [0.1, 0.15) is 45.4 Å². The van der Waals surface area contributed by atoms with Gasteiger partial charge < -0.3 is 15.5 Å². The Bertz CT molecular complexity index is 584. The summed E-state index contributed by atoms with van der Waals surface area (Å²) >= 11 is 5.63. The Morgan fingerprint density at radius 1 is 1.08 bits per heavy atom. The Hall–Kier alpha value is -1.62. The first-order chi connectivity index (χ1) is 12.1. The Labute approximate surface area is 156 Å². The molecule has 2 N–H and O–H groups in total. The summed E-state index contributed by atoms with van der Waals surface area (Å²) in [6.07, 6.45) is 6.88. The molecule has 3 rings (SSSR count). The number of benzene rings is 1. The number of hydrogen-bond acceptors (Lipinski definition) is 2. The Morgan fingerprint density at radius 2 is 1.76 bits per heavy atom. The zero-order valence-corrected chi connectivity index (χ0v) is 15.9. The minimum atomic E-state index is 0.0767. The lowest BCUT2D eigenvalue weighted by atomic mass is 9.86. The van der Waals surface area contributed by atoms with Crippen molar-refractivity contribution >= 4 is 28.9 Å². The van der Waals surface area contributed by atoms with Crippen LogP contribution in [0.25, 0.3) is 0 Å². The van der Waals surface area contributed by atoms with Crippen molar-refractivity contribution in [3.8, 4) is 0 Å². The third-order valence-electron chi connectivity index (χ3n) is 5.61. The molecular weight excluding hydrogens is 330 g/mol. The normalized spacial score (nSPS) is 24.6. The summed E-state index contributed by atoms with van der Waals surface area (Å²) in [5, 5.41) is 7.48. The molecule has 1 aromatic carbocycles. The van der Waals surface area contributed by atoms with Crippen LogP contribution in [0.15, 0.2) is 30.3 Å². The first kappa shape index (κ1) is 18.2. The van der Waals surface area contributed by atoms with E-state index in [0.717, 1.165) is 36.7 Å². The van der Waals surface area contributed by atoms with E-state index in [9.17, 15) is 4.79 Å². The first-order valence-electron chi connectivity index (χ1n) is 9.55. The number of nitrogens with one attached hydrogen (secondary N) is 2. The lowest BCUT2D eigenvalue weighted by Crippen LogP contribution is -2.50. The van der Waals surface area contributed by atoms with E-state index in [0.29, 0.717) is 12.0 Å². The van der Waals surface area contributed by atoms with Crippen LogP contribution in [0.5, 0.6) is 0 Å². The van der Waals surface area contributed by atoms with Crippen LogP contribution in [0.3, 0.4) is 0 Å². The highest BCUT2D eigenvalue weighted by Crippen LogP contribution is 2.25. The smallest absolute Gasteiger partial charge is 0.227 e. The lowest BCUT2D eigenvalue weighted by molar-refractivity contribution is -0.121. The Kier molecular flexibility index (Phi) is 6.29. The van der Waals surface area contributed by atoms with E-state index in [2.05, 4.69) is 22.5 Å². The third-order valence-corrected chi connectivity index (χ3v) is 5.99. The van der Waals surface area contributed by atoms with Crippen molar-refractivity contribution in [2.75, 3.05) is 18.4 Å². The highest BCUT2D eigenvalue weighted by molar-refractivity contribution is 7.80. The molecule has 1 saturated heterocycles. The molecule has 0 bridgehead atoms. The zero-order valence-electron chi connectivity index (χ0n) is 15.0. The van der Waals surface area contributed by atoms with Gasteiger partial charge in [-0.15, -0.1) is 0 Å². The quantitative estimate of drug-likeness (QED) is 0.806. The summed E-state index contributed by atoms with van der Waals surface area (Å²) in [5.74, 6) is 0.902. The number of likely N-dealkylation sites (tertiary alicyclic amines) is 1. The highest BCUT2D eigenvalue weighted by Gasteiger charge is 2.28. The molecule has 5 heteroatoms. The van der Waals surface area contributed by atoms with Crippen LogP contribution >= 0.6 is 12.2 Å². The van der Waals surface area contributed by atoms with Crippen molar-refractivity contribution < 1.29 is 4.79 Å². The minimum Gasteiger partial charge on any atom is -0.360 e. The molecule has 0 aromatic heterocycles. The molecule has 25 heavy (non-hydrogen) atoms. The van der Waals surface area contributed by atoms with Gasteiger partial charge in [0.1, 0.15) is 0 Å². The van der Waals surface area contributed by atoms with E-state index >= 15 is 0 Å². The van der Waals surface area contributed by atoms with Crippen LogP contribution < -0.4 is 10.6 Å². The largest absolute Gasteiger partial charge is 0.360 e. The first-order valence-corrected chi connectivity index (χ1v) is 9.95. The summed E-state index contributed by atoms with van der Waals surface area (Å²) in [4.78, 5) is 14.7. The fourth-order valence-electron chi connectivity index (χ4n) is 3.89. The van der Waals surface area contributed by atoms with E-state index in [1.165, 1.54) is 25.7 Å². The van der Waals surface area contributed by atoms with Gasteiger partial charge in [-0.3, -0.25) is 4.79 Å². The van der Waals surface area contributed by atoms with E-state index < -0.39 is 0 Å². The van der Waals surface area contributed by atoms with Crippen LogP contribution in [-0.4, -0.2) is 35.1 Å². The van der Waals surface area contributed by atoms with Crippen molar-refractivity contribution in [3.63, 3.8) is 0 Å². The van der Waals surface area contributed by atoms with Gasteiger partial charge in [-0.2, -0.15) is 0 Å². The number of anilines is 1. The average Bonchev–Trinajstić information content (AvgIpc) is 2.64. The van der Waals surface area contributed by atoms with Crippen molar-refractivity contribution in [2.45, 2.75) is 51.5 Å². The molecule has 0 unspecified atom stereocenters. The van der Waals surface area contributed by atoms with Crippen LogP contribution in [0.4, 0.5) is 5.69 Å². The number of amides is 1. The van der Waals surface area contributed by atoms with Crippen molar-refractivity contribution in [1.29, 1.82) is 0 Å². The zero-order chi connectivity index (χ0) is 17.6. The summed E-state index contributed by atoms with van der Waals surface area (Å²) in [6.45, 7) is 4.04. The van der Waals surface area contributed by atoms with Crippen LogP contribution in [-0.2, 0) is 4.79 Å². The number of hydrogen-bond donors (Lipinski definition) is 2. The maximum atomic E-state index is 12.4. The number of para-hydroxylation sites is 1. The highest BCUT2D eigenvalue weighted by atomic mass is 32.1. The average molecular weight is 360 g/mol. The second-order valence-electron chi connectivity index (χ2n) is 7.43. The summed E-state index contributed by atoms with van der Waals surface area (Å²) in [5.41, 5.74) is 0.874. The van der Waals surface area contributed by atoms with E-state index in [1.807, 2.05) is 30.3 Å². The monoisotopic (exact) mass is 359 g/mol. The third kappa shape index (κ3) is 4.94. The Morgan fingerprint density at radius 3 is 2.44 bits per heavy atom. The lowest BCUT2D eigenvalue weighted by Gasteiger charge is -2.37. The molecule has 4 nitrogen and oxygen atoms in total. The molecule has 1 aliphatic heterocycles. The molecule has 0 radical (unpaired) electrons. The topological polar surface area (TPSA) is 44.4 Å². The number of rotatable bonds is 3. The number of thiocarbonyl (C=S) groups is 1. The maximum absolute atomic E-state index is 12.4. The van der Waals surface area contributed by atoms with Gasteiger partial charge in [0.25, 0.3) is 0 Å². The molecule has 1 amide bonds. The maximum Gasteiger partial charge on any atom is 0.227 e. The SMILES string of the molecule is C[C@@H]1CCCC[C@H]1NC(=S)N1CCC(C(=O)Nc2ccccc2)CC1. The fourth-order valence-corrected chi connectivity index (χ4v) is 4.23. The molecule has 136 valence electrons. The summed E-state index contributed by atoms with van der Waals surface area (Å²) in [6, 6.07) is 10.2. The van der Waals surface area contributed by atoms with E-state index in [-0.39, 0.29) is 11.8 Å². The second kappa shape index (κ2) is 8.65. The van der Waals surface area contributed by atoms with Crippen molar-refractivity contribution in [2.24, 2.45) is 11.8 Å². The van der Waals surface area contributed by atoms with Gasteiger partial charge in [0.2, 0.25) is 5.91 Å². The van der Waals surface area contributed by atoms with Crippen molar-refractivity contribution in [1.82, 2.24) is 10.2 Å². The summed E-state index contributed by atoms with van der Waals surface area (Å²) in [7, 11) is 0. The number of piperidine rings is 1. The molecule has 1 aromatic rings. The number of carbonyl (C=O) groups is 1. The van der Waals surface area contributed by atoms with E-state index in [1.54, 1.807) is 0 Å². The van der Waals surface area contributed by atoms with Gasteiger partial charge in [0.05, 0.1) is 0 Å². The number of carbonyl (C=O) groups excluding carboxylic acids is 1. The molecule has 0 spiro atoms.